The maximum atomic E-state index is 12.8. The van der Waals surface area contributed by atoms with Gasteiger partial charge in [-0.3, -0.25) is 10.2 Å². The molecule has 7 heteroatoms. The molecule has 2 N–H and O–H groups in total. The molecule has 2 rings (SSSR count). The van der Waals surface area contributed by atoms with Crippen molar-refractivity contribution in [2.75, 3.05) is 7.05 Å². The van der Waals surface area contributed by atoms with Gasteiger partial charge in [0.25, 0.3) is 5.91 Å². The summed E-state index contributed by atoms with van der Waals surface area (Å²) in [4.78, 5) is 25.1. The normalized spacial score (nSPS) is 10.0. The average molecular weight is 336 g/mol. The maximum absolute atomic E-state index is 12.8. The molecule has 0 aliphatic carbocycles. The van der Waals surface area contributed by atoms with Crippen LogP contribution >= 0.6 is 11.6 Å². The average Bonchev–Trinajstić information content (AvgIpc) is 2.55. The van der Waals surface area contributed by atoms with Gasteiger partial charge in [0.15, 0.2) is 0 Å². The van der Waals surface area contributed by atoms with Crippen LogP contribution in [0.3, 0.4) is 0 Å². The van der Waals surface area contributed by atoms with E-state index in [0.29, 0.717) is 11.6 Å². The third-order valence-electron chi connectivity index (χ3n) is 3.07. The Kier molecular flexibility index (Phi) is 5.54. The summed E-state index contributed by atoms with van der Waals surface area (Å²) in [6.45, 7) is 0.357. The fourth-order valence-corrected chi connectivity index (χ4v) is 1.94. The molecule has 0 radical (unpaired) electrons. The zero-order valence-electron chi connectivity index (χ0n) is 12.3. The molecule has 2 aromatic rings. The Bertz CT molecular complexity index is 689. The van der Waals surface area contributed by atoms with Crippen LogP contribution in [-0.4, -0.2) is 23.9 Å². The summed E-state index contributed by atoms with van der Waals surface area (Å²) in [5.74, 6) is -0.966. The lowest BCUT2D eigenvalue weighted by molar-refractivity contribution is 0.0931. The predicted octanol–water partition coefficient (Wildman–Crippen LogP) is 2.97. The van der Waals surface area contributed by atoms with Crippen LogP contribution in [0.2, 0.25) is 5.02 Å². The summed E-state index contributed by atoms with van der Waals surface area (Å²) in [5.41, 5.74) is 5.71. The first-order chi connectivity index (χ1) is 11.0. The van der Waals surface area contributed by atoms with Crippen molar-refractivity contribution in [2.45, 2.75) is 6.54 Å². The van der Waals surface area contributed by atoms with Crippen molar-refractivity contribution in [3.8, 4) is 0 Å². The SMILES string of the molecule is CN(Cc1ccc(Cl)cc1)C(=O)NNC(=O)c1ccc(F)cc1. The topological polar surface area (TPSA) is 61.4 Å². The number of benzene rings is 2. The van der Waals surface area contributed by atoms with Gasteiger partial charge in [0.2, 0.25) is 0 Å². The summed E-state index contributed by atoms with van der Waals surface area (Å²) in [7, 11) is 1.59. The molecular weight excluding hydrogens is 321 g/mol. The monoisotopic (exact) mass is 335 g/mol. The van der Waals surface area contributed by atoms with Gasteiger partial charge in [-0.1, -0.05) is 23.7 Å². The number of halogens is 2. The molecule has 23 heavy (non-hydrogen) atoms. The van der Waals surface area contributed by atoms with Crippen molar-refractivity contribution in [1.82, 2.24) is 15.8 Å². The summed E-state index contributed by atoms with van der Waals surface area (Å²) in [5, 5.41) is 0.618. The largest absolute Gasteiger partial charge is 0.336 e. The third kappa shape index (κ3) is 4.96. The number of carbonyl (C=O) groups is 2. The number of nitrogens with zero attached hydrogens (tertiary/aromatic N) is 1. The number of amides is 3. The first-order valence-corrected chi connectivity index (χ1v) is 7.15. The molecule has 0 aliphatic rings. The second-order valence-electron chi connectivity index (χ2n) is 4.87. The second-order valence-corrected chi connectivity index (χ2v) is 5.31. The molecule has 0 aliphatic heterocycles. The van der Waals surface area contributed by atoms with Crippen LogP contribution in [0.15, 0.2) is 48.5 Å². The smallest absolute Gasteiger partial charge is 0.322 e. The first-order valence-electron chi connectivity index (χ1n) is 6.77. The van der Waals surface area contributed by atoms with E-state index in [1.807, 2.05) is 12.1 Å². The minimum Gasteiger partial charge on any atom is -0.322 e. The molecule has 0 bridgehead atoms. The highest BCUT2D eigenvalue weighted by molar-refractivity contribution is 6.30. The molecule has 5 nitrogen and oxygen atoms in total. The lowest BCUT2D eigenvalue weighted by Crippen LogP contribution is -2.47. The van der Waals surface area contributed by atoms with Gasteiger partial charge >= 0.3 is 6.03 Å². The Morgan fingerprint density at radius 3 is 2.26 bits per heavy atom. The van der Waals surface area contributed by atoms with E-state index in [1.165, 1.54) is 29.2 Å². The molecule has 0 unspecified atom stereocenters. The van der Waals surface area contributed by atoms with Crippen LogP contribution in [0.5, 0.6) is 0 Å². The summed E-state index contributed by atoms with van der Waals surface area (Å²) in [6.07, 6.45) is 0. The zero-order valence-corrected chi connectivity index (χ0v) is 13.1. The molecule has 0 aromatic heterocycles. The van der Waals surface area contributed by atoms with E-state index in [9.17, 15) is 14.0 Å². The van der Waals surface area contributed by atoms with Gasteiger partial charge in [0.1, 0.15) is 5.82 Å². The molecule has 0 saturated carbocycles. The van der Waals surface area contributed by atoms with E-state index in [4.69, 9.17) is 11.6 Å². The van der Waals surface area contributed by atoms with E-state index in [2.05, 4.69) is 10.9 Å². The van der Waals surface area contributed by atoms with E-state index in [-0.39, 0.29) is 5.56 Å². The maximum Gasteiger partial charge on any atom is 0.336 e. The molecule has 0 saturated heterocycles. The summed E-state index contributed by atoms with van der Waals surface area (Å²) < 4.78 is 12.8. The highest BCUT2D eigenvalue weighted by Gasteiger charge is 2.11. The molecule has 0 heterocycles. The van der Waals surface area contributed by atoms with Crippen molar-refractivity contribution in [1.29, 1.82) is 0 Å². The van der Waals surface area contributed by atoms with Crippen molar-refractivity contribution < 1.29 is 14.0 Å². The van der Waals surface area contributed by atoms with Crippen LogP contribution in [-0.2, 0) is 6.54 Å². The van der Waals surface area contributed by atoms with Crippen molar-refractivity contribution in [3.05, 3.63) is 70.5 Å². The van der Waals surface area contributed by atoms with Crippen molar-refractivity contribution in [2.24, 2.45) is 0 Å². The minimum absolute atomic E-state index is 0.243. The van der Waals surface area contributed by atoms with E-state index < -0.39 is 17.8 Å². The second kappa shape index (κ2) is 7.60. The lowest BCUT2D eigenvalue weighted by Gasteiger charge is -2.18. The van der Waals surface area contributed by atoms with E-state index >= 15 is 0 Å². The lowest BCUT2D eigenvalue weighted by atomic mass is 10.2. The minimum atomic E-state index is -0.529. The zero-order chi connectivity index (χ0) is 16.8. The van der Waals surface area contributed by atoms with Crippen LogP contribution < -0.4 is 10.9 Å². The highest BCUT2D eigenvalue weighted by Crippen LogP contribution is 2.10. The molecule has 0 fully saturated rings. The number of rotatable bonds is 3. The van der Waals surface area contributed by atoms with Gasteiger partial charge in [-0.15, -0.1) is 0 Å². The molecule has 120 valence electrons. The molecule has 0 atom stereocenters. The van der Waals surface area contributed by atoms with Gasteiger partial charge < -0.3 is 4.90 Å². The standard InChI is InChI=1S/C16H15ClFN3O2/c1-21(10-11-2-6-13(17)7-3-11)16(23)20-19-15(22)12-4-8-14(18)9-5-12/h2-9H,10H2,1H3,(H,19,22)(H,20,23). The summed E-state index contributed by atoms with van der Waals surface area (Å²) in [6, 6.07) is 11.6. The number of hydrogen-bond acceptors (Lipinski definition) is 2. The van der Waals surface area contributed by atoms with Crippen LogP contribution in [0, 0.1) is 5.82 Å². The van der Waals surface area contributed by atoms with E-state index in [1.54, 1.807) is 19.2 Å². The Morgan fingerprint density at radius 2 is 1.65 bits per heavy atom. The Labute approximate surface area is 138 Å². The molecule has 3 amide bonds. The Morgan fingerprint density at radius 1 is 1.04 bits per heavy atom. The van der Waals surface area contributed by atoms with E-state index in [0.717, 1.165) is 5.56 Å². The fraction of sp³-hybridized carbons (Fsp3) is 0.125. The fourth-order valence-electron chi connectivity index (χ4n) is 1.81. The van der Waals surface area contributed by atoms with Gasteiger partial charge in [0, 0.05) is 24.2 Å². The van der Waals surface area contributed by atoms with Crippen LogP contribution in [0.25, 0.3) is 0 Å². The van der Waals surface area contributed by atoms with Gasteiger partial charge in [0.05, 0.1) is 0 Å². The first kappa shape index (κ1) is 16.8. The number of carbonyl (C=O) groups excluding carboxylic acids is 2. The highest BCUT2D eigenvalue weighted by atomic mass is 35.5. The number of hydrazine groups is 1. The number of nitrogens with one attached hydrogen (secondary N) is 2. The molecule has 0 spiro atoms. The van der Waals surface area contributed by atoms with Crippen LogP contribution in [0.4, 0.5) is 9.18 Å². The van der Waals surface area contributed by atoms with Crippen molar-refractivity contribution in [3.63, 3.8) is 0 Å². The summed E-state index contributed by atoms with van der Waals surface area (Å²) >= 11 is 5.80. The quantitative estimate of drug-likeness (QED) is 0.847. The third-order valence-corrected chi connectivity index (χ3v) is 3.32. The predicted molar refractivity (Wildman–Crippen MR) is 85.3 cm³/mol. The van der Waals surface area contributed by atoms with Crippen LogP contribution in [0.1, 0.15) is 15.9 Å². The van der Waals surface area contributed by atoms with Gasteiger partial charge in [-0.2, -0.15) is 0 Å². The van der Waals surface area contributed by atoms with Gasteiger partial charge in [-0.05, 0) is 42.0 Å². The van der Waals surface area contributed by atoms with Gasteiger partial charge in [-0.25, -0.2) is 14.6 Å². The number of urea groups is 1. The Hall–Kier alpha value is -2.60. The molecule has 2 aromatic carbocycles. The van der Waals surface area contributed by atoms with Crippen molar-refractivity contribution >= 4 is 23.5 Å². The number of hydrogen-bond donors (Lipinski definition) is 2. The molecular formula is C16H15ClFN3O2. The Balaban J connectivity index is 1.84.